The summed E-state index contributed by atoms with van der Waals surface area (Å²) in [5, 5.41) is 8.77. The summed E-state index contributed by atoms with van der Waals surface area (Å²) in [5.74, 6) is -0.00359. The van der Waals surface area contributed by atoms with Crippen molar-refractivity contribution in [3.63, 3.8) is 0 Å². The summed E-state index contributed by atoms with van der Waals surface area (Å²) in [6.07, 6.45) is -1.51. The van der Waals surface area contributed by atoms with E-state index < -0.39 is 17.2 Å². The summed E-state index contributed by atoms with van der Waals surface area (Å²) in [5.41, 5.74) is 1.85. The number of nitrogens with zero attached hydrogens (tertiary/aromatic N) is 5. The van der Waals surface area contributed by atoms with Crippen LogP contribution >= 0.6 is 0 Å². The highest BCUT2D eigenvalue weighted by atomic mass is 19.4. The van der Waals surface area contributed by atoms with E-state index in [0.717, 1.165) is 50.2 Å². The maximum absolute atomic E-state index is 14.0. The number of halogens is 3. The summed E-state index contributed by atoms with van der Waals surface area (Å²) in [6, 6.07) is 12.1. The normalized spacial score (nSPS) is 20.6. The van der Waals surface area contributed by atoms with Crippen molar-refractivity contribution in [1.82, 2.24) is 19.8 Å². The van der Waals surface area contributed by atoms with Crippen molar-refractivity contribution >= 4 is 34.7 Å². The van der Waals surface area contributed by atoms with Crippen molar-refractivity contribution in [2.24, 2.45) is 0 Å². The second-order valence-corrected chi connectivity index (χ2v) is 13.3. The molecule has 0 bridgehead atoms. The number of anilines is 5. The van der Waals surface area contributed by atoms with Gasteiger partial charge in [0.1, 0.15) is 17.1 Å². The quantitative estimate of drug-likeness (QED) is 0.284. The molecular formula is C34H43F3N8O2. The van der Waals surface area contributed by atoms with Gasteiger partial charge in [0, 0.05) is 61.9 Å². The van der Waals surface area contributed by atoms with Crippen molar-refractivity contribution in [1.29, 1.82) is 0 Å². The molecule has 3 N–H and O–H groups in total. The fourth-order valence-corrected chi connectivity index (χ4v) is 7.12. The van der Waals surface area contributed by atoms with E-state index in [9.17, 15) is 18.0 Å². The van der Waals surface area contributed by atoms with Crippen molar-refractivity contribution < 1.29 is 22.7 Å². The first-order valence-corrected chi connectivity index (χ1v) is 16.1. The van der Waals surface area contributed by atoms with Gasteiger partial charge in [0.25, 0.3) is 0 Å². The van der Waals surface area contributed by atoms with Crippen LogP contribution in [0.3, 0.4) is 0 Å². The molecule has 3 aromatic rings. The smallest absolute Gasteiger partial charge is 0.421 e. The SMILES string of the molecule is COc1cc(N2CCN(C3CCN(C)CC3)C(C)C2)ccc1Nc1ncc(C(F)(F)F)c(NCc2cccc3c2C(C)(C)C(=O)N3)n1. The number of alkyl halides is 3. The van der Waals surface area contributed by atoms with Gasteiger partial charge < -0.3 is 30.5 Å². The minimum absolute atomic E-state index is 0.0117. The number of likely N-dealkylation sites (tertiary alicyclic amines) is 1. The average molecular weight is 653 g/mol. The number of hydrogen-bond donors (Lipinski definition) is 3. The molecule has 1 unspecified atom stereocenters. The summed E-state index contributed by atoms with van der Waals surface area (Å²) in [7, 11) is 3.74. The van der Waals surface area contributed by atoms with Crippen LogP contribution in [-0.4, -0.2) is 84.6 Å². The molecule has 3 aliphatic rings. The molecule has 2 fully saturated rings. The van der Waals surface area contributed by atoms with Crippen molar-refractivity contribution in [2.45, 2.75) is 63.8 Å². The molecule has 47 heavy (non-hydrogen) atoms. The third-order valence-electron chi connectivity index (χ3n) is 9.76. The zero-order valence-electron chi connectivity index (χ0n) is 27.5. The third-order valence-corrected chi connectivity index (χ3v) is 9.76. The molecule has 2 aromatic carbocycles. The van der Waals surface area contributed by atoms with Gasteiger partial charge in [-0.1, -0.05) is 12.1 Å². The summed E-state index contributed by atoms with van der Waals surface area (Å²) in [4.78, 5) is 28.1. The first-order chi connectivity index (χ1) is 22.3. The van der Waals surface area contributed by atoms with Crippen LogP contribution in [0.5, 0.6) is 5.75 Å². The Hall–Kier alpha value is -4.10. The first-order valence-electron chi connectivity index (χ1n) is 16.1. The zero-order valence-corrected chi connectivity index (χ0v) is 27.5. The number of amides is 1. The maximum Gasteiger partial charge on any atom is 0.421 e. The molecule has 1 amide bonds. The second-order valence-electron chi connectivity index (χ2n) is 13.3. The lowest BCUT2D eigenvalue weighted by atomic mass is 9.83. The molecular weight excluding hydrogens is 609 g/mol. The van der Waals surface area contributed by atoms with E-state index in [0.29, 0.717) is 34.8 Å². The van der Waals surface area contributed by atoms with Crippen LogP contribution in [0.1, 0.15) is 50.3 Å². The fourth-order valence-electron chi connectivity index (χ4n) is 7.12. The van der Waals surface area contributed by atoms with E-state index >= 15 is 0 Å². The Labute approximate surface area is 273 Å². The highest BCUT2D eigenvalue weighted by Crippen LogP contribution is 2.41. The molecule has 3 aliphatic heterocycles. The Kier molecular flexibility index (Phi) is 8.96. The van der Waals surface area contributed by atoms with E-state index in [1.807, 2.05) is 18.2 Å². The minimum atomic E-state index is -4.68. The largest absolute Gasteiger partial charge is 0.494 e. The van der Waals surface area contributed by atoms with Crippen molar-refractivity contribution in [3.05, 3.63) is 59.3 Å². The molecule has 0 aliphatic carbocycles. The van der Waals surface area contributed by atoms with Crippen LogP contribution in [0, 0.1) is 0 Å². The molecule has 1 atom stereocenters. The second kappa shape index (κ2) is 12.8. The Bertz CT molecular complexity index is 1620. The summed E-state index contributed by atoms with van der Waals surface area (Å²) >= 11 is 0. The van der Waals surface area contributed by atoms with Crippen LogP contribution in [0.25, 0.3) is 0 Å². The van der Waals surface area contributed by atoms with E-state index in [1.165, 1.54) is 12.8 Å². The van der Waals surface area contributed by atoms with Gasteiger partial charge in [-0.25, -0.2) is 4.98 Å². The van der Waals surface area contributed by atoms with Gasteiger partial charge in [0.05, 0.1) is 18.2 Å². The van der Waals surface area contributed by atoms with Crippen LogP contribution in [0.2, 0.25) is 0 Å². The van der Waals surface area contributed by atoms with Gasteiger partial charge in [-0.2, -0.15) is 18.2 Å². The third kappa shape index (κ3) is 6.68. The van der Waals surface area contributed by atoms with E-state index in [2.05, 4.69) is 54.6 Å². The molecule has 10 nitrogen and oxygen atoms in total. The molecule has 6 rings (SSSR count). The highest BCUT2D eigenvalue weighted by molar-refractivity contribution is 6.06. The molecule has 2 saturated heterocycles. The molecule has 252 valence electrons. The number of benzene rings is 2. The van der Waals surface area contributed by atoms with Crippen molar-refractivity contribution in [3.8, 4) is 5.75 Å². The lowest BCUT2D eigenvalue weighted by molar-refractivity contribution is -0.137. The Morgan fingerprint density at radius 2 is 1.87 bits per heavy atom. The number of aromatic nitrogens is 2. The average Bonchev–Trinajstić information content (AvgIpc) is 3.28. The molecule has 4 heterocycles. The zero-order chi connectivity index (χ0) is 33.5. The predicted octanol–water partition coefficient (Wildman–Crippen LogP) is 5.69. The number of piperazine rings is 1. The van der Waals surface area contributed by atoms with Gasteiger partial charge in [-0.3, -0.25) is 9.69 Å². The predicted molar refractivity (Wildman–Crippen MR) is 178 cm³/mol. The number of fused-ring (bicyclic) bond motifs is 1. The topological polar surface area (TPSA) is 97.9 Å². The number of carbonyl (C=O) groups excluding carboxylic acids is 1. The number of rotatable bonds is 8. The monoisotopic (exact) mass is 652 g/mol. The number of hydrogen-bond acceptors (Lipinski definition) is 9. The first kappa shape index (κ1) is 32.8. The number of methoxy groups -OCH3 is 1. The number of ether oxygens (including phenoxy) is 1. The van der Waals surface area contributed by atoms with Crippen LogP contribution in [0.15, 0.2) is 42.6 Å². The number of piperidine rings is 1. The molecule has 0 radical (unpaired) electrons. The standard InChI is InChI=1S/C34H43F3N8O2/c1-21-20-44(15-16-45(21)23-11-13-43(4)14-12-23)24-9-10-26(28(17-24)47-5)41-32-39-19-25(34(35,36)37)30(42-32)38-18-22-7-6-8-27-29(22)33(2,3)31(46)40-27/h6-10,17,19,21,23H,11-16,18,20H2,1-5H3,(H,40,46)(H2,38,39,41,42). The molecule has 0 saturated carbocycles. The summed E-state index contributed by atoms with van der Waals surface area (Å²) in [6.45, 7) is 11.0. The molecule has 13 heteroatoms. The van der Waals surface area contributed by atoms with Gasteiger partial charge in [0.15, 0.2) is 0 Å². The van der Waals surface area contributed by atoms with E-state index in [4.69, 9.17) is 4.74 Å². The van der Waals surface area contributed by atoms with E-state index in [1.54, 1.807) is 39.2 Å². The van der Waals surface area contributed by atoms with Gasteiger partial charge in [0.2, 0.25) is 11.9 Å². The van der Waals surface area contributed by atoms with Gasteiger partial charge in [-0.05, 0) is 83.1 Å². The Balaban J connectivity index is 1.18. The fraction of sp³-hybridized carbons (Fsp3) is 0.500. The number of nitrogens with one attached hydrogen (secondary N) is 3. The molecule has 1 aromatic heterocycles. The van der Waals surface area contributed by atoms with Gasteiger partial charge >= 0.3 is 6.18 Å². The summed E-state index contributed by atoms with van der Waals surface area (Å²) < 4.78 is 47.7. The maximum atomic E-state index is 14.0. The highest BCUT2D eigenvalue weighted by Gasteiger charge is 2.40. The van der Waals surface area contributed by atoms with Gasteiger partial charge in [-0.15, -0.1) is 0 Å². The van der Waals surface area contributed by atoms with Crippen LogP contribution in [-0.2, 0) is 22.9 Å². The Morgan fingerprint density at radius 3 is 2.57 bits per heavy atom. The lowest BCUT2D eigenvalue weighted by Crippen LogP contribution is -2.57. The molecule has 0 spiro atoms. The van der Waals surface area contributed by atoms with Crippen LogP contribution in [0.4, 0.5) is 42.0 Å². The Morgan fingerprint density at radius 1 is 1.11 bits per heavy atom. The minimum Gasteiger partial charge on any atom is -0.494 e. The van der Waals surface area contributed by atoms with Crippen molar-refractivity contribution in [2.75, 3.05) is 67.7 Å². The number of carbonyl (C=O) groups is 1. The lowest BCUT2D eigenvalue weighted by Gasteiger charge is -2.46. The van der Waals surface area contributed by atoms with E-state index in [-0.39, 0.29) is 24.2 Å². The van der Waals surface area contributed by atoms with Crippen LogP contribution < -0.4 is 25.6 Å².